The molecule has 2 heterocycles. The van der Waals surface area contributed by atoms with Crippen molar-refractivity contribution < 1.29 is 9.57 Å². The van der Waals surface area contributed by atoms with E-state index in [1.165, 1.54) is 37.9 Å². The standard InChI is InChI=1S/C22H26N2O2.ClH/c1-3-9-18(10-4-1)22-17-20(19-11-5-6-12-21(19)26-22)23-25-16-15-24-13-7-2-8-14-24;/h1,3-6,9-12,22H,2,7-8,13-17H2;1H/b23-20+;. The predicted octanol–water partition coefficient (Wildman–Crippen LogP) is 4.84. The van der Waals surface area contributed by atoms with Crippen molar-refractivity contribution in [1.82, 2.24) is 4.90 Å². The third-order valence-corrected chi connectivity index (χ3v) is 5.14. The smallest absolute Gasteiger partial charge is 0.129 e. The van der Waals surface area contributed by atoms with Crippen LogP contribution in [0.15, 0.2) is 59.8 Å². The maximum absolute atomic E-state index is 6.21. The molecular formula is C22H27ClN2O2. The number of para-hydroxylation sites is 1. The second-order valence-electron chi connectivity index (χ2n) is 6.99. The highest BCUT2D eigenvalue weighted by molar-refractivity contribution is 6.03. The van der Waals surface area contributed by atoms with Crippen LogP contribution in [0.2, 0.25) is 0 Å². The van der Waals surface area contributed by atoms with Crippen molar-refractivity contribution in [3.8, 4) is 5.75 Å². The Morgan fingerprint density at radius 1 is 0.963 bits per heavy atom. The summed E-state index contributed by atoms with van der Waals surface area (Å²) in [7, 11) is 0. The molecule has 2 aromatic carbocycles. The number of ether oxygens (including phenoxy) is 1. The number of halogens is 1. The first-order chi connectivity index (χ1) is 12.9. The third-order valence-electron chi connectivity index (χ3n) is 5.14. The maximum atomic E-state index is 6.21. The van der Waals surface area contributed by atoms with Crippen molar-refractivity contribution in [2.24, 2.45) is 5.16 Å². The topological polar surface area (TPSA) is 34.1 Å². The van der Waals surface area contributed by atoms with Crippen molar-refractivity contribution >= 4 is 18.1 Å². The molecule has 4 rings (SSSR count). The Bertz CT molecular complexity index is 745. The SMILES string of the molecule is Cl.c1ccc(C2C/C(=N\OCCN3CCCCC3)c3ccccc3O2)cc1. The average Bonchev–Trinajstić information content (AvgIpc) is 2.72. The Morgan fingerprint density at radius 2 is 1.70 bits per heavy atom. The molecule has 2 aliphatic rings. The first-order valence-electron chi connectivity index (χ1n) is 9.62. The number of hydrogen-bond donors (Lipinski definition) is 0. The quantitative estimate of drug-likeness (QED) is 0.544. The third kappa shape index (κ3) is 5.02. The molecule has 1 saturated heterocycles. The maximum Gasteiger partial charge on any atom is 0.129 e. The summed E-state index contributed by atoms with van der Waals surface area (Å²) in [5.74, 6) is 0.881. The van der Waals surface area contributed by atoms with Crippen LogP contribution in [0.1, 0.15) is 42.9 Å². The molecule has 0 saturated carbocycles. The van der Waals surface area contributed by atoms with Crippen molar-refractivity contribution in [1.29, 1.82) is 0 Å². The van der Waals surface area contributed by atoms with E-state index in [1.54, 1.807) is 0 Å². The minimum atomic E-state index is -0.0180. The molecule has 0 spiro atoms. The molecule has 5 heteroatoms. The van der Waals surface area contributed by atoms with Crippen LogP contribution in [0.4, 0.5) is 0 Å². The second kappa shape index (κ2) is 9.77. The number of piperidine rings is 1. The number of benzene rings is 2. The molecule has 0 bridgehead atoms. The van der Waals surface area contributed by atoms with Crippen LogP contribution in [-0.2, 0) is 4.84 Å². The molecule has 4 nitrogen and oxygen atoms in total. The first kappa shape index (κ1) is 19.7. The highest BCUT2D eigenvalue weighted by atomic mass is 35.5. The fourth-order valence-corrected chi connectivity index (χ4v) is 3.70. The molecule has 1 fully saturated rings. The molecular weight excluding hydrogens is 360 g/mol. The number of fused-ring (bicyclic) bond motifs is 1. The van der Waals surface area contributed by atoms with Crippen molar-refractivity contribution in [2.75, 3.05) is 26.2 Å². The highest BCUT2D eigenvalue weighted by Crippen LogP contribution is 2.35. The van der Waals surface area contributed by atoms with Crippen molar-refractivity contribution in [3.05, 3.63) is 65.7 Å². The van der Waals surface area contributed by atoms with Gasteiger partial charge in [-0.1, -0.05) is 54.0 Å². The van der Waals surface area contributed by atoms with Crippen molar-refractivity contribution in [2.45, 2.75) is 31.8 Å². The van der Waals surface area contributed by atoms with Gasteiger partial charge in [0.25, 0.3) is 0 Å². The van der Waals surface area contributed by atoms with Gasteiger partial charge in [-0.15, -0.1) is 12.4 Å². The minimum absolute atomic E-state index is 0. The number of nitrogens with zero attached hydrogens (tertiary/aromatic N) is 2. The number of rotatable bonds is 5. The molecule has 1 atom stereocenters. The van der Waals surface area contributed by atoms with Gasteiger partial charge in [-0.05, 0) is 43.6 Å². The molecule has 144 valence electrons. The summed E-state index contributed by atoms with van der Waals surface area (Å²) in [4.78, 5) is 8.17. The Morgan fingerprint density at radius 3 is 2.52 bits per heavy atom. The van der Waals surface area contributed by atoms with Gasteiger partial charge >= 0.3 is 0 Å². The van der Waals surface area contributed by atoms with E-state index in [-0.39, 0.29) is 18.5 Å². The normalized spacial score (nSPS) is 21.0. The van der Waals surface area contributed by atoms with Crippen LogP contribution >= 0.6 is 12.4 Å². The van der Waals surface area contributed by atoms with E-state index in [1.807, 2.05) is 36.4 Å². The van der Waals surface area contributed by atoms with Gasteiger partial charge in [0.05, 0.1) is 5.71 Å². The summed E-state index contributed by atoms with van der Waals surface area (Å²) < 4.78 is 6.21. The molecule has 0 amide bonds. The molecule has 2 aliphatic heterocycles. The van der Waals surface area contributed by atoms with E-state index in [2.05, 4.69) is 28.3 Å². The van der Waals surface area contributed by atoms with Crippen LogP contribution in [-0.4, -0.2) is 36.9 Å². The summed E-state index contributed by atoms with van der Waals surface area (Å²) in [6.07, 6.45) is 4.67. The largest absolute Gasteiger partial charge is 0.485 e. The Labute approximate surface area is 167 Å². The lowest BCUT2D eigenvalue weighted by molar-refractivity contribution is 0.100. The van der Waals surface area contributed by atoms with Crippen LogP contribution in [0, 0.1) is 0 Å². The molecule has 0 radical (unpaired) electrons. The van der Waals surface area contributed by atoms with Gasteiger partial charge in [-0.3, -0.25) is 4.90 Å². The van der Waals surface area contributed by atoms with E-state index >= 15 is 0 Å². The predicted molar refractivity (Wildman–Crippen MR) is 111 cm³/mol. The fourth-order valence-electron chi connectivity index (χ4n) is 3.70. The average molecular weight is 387 g/mol. The van der Waals surface area contributed by atoms with Crippen LogP contribution in [0.3, 0.4) is 0 Å². The van der Waals surface area contributed by atoms with E-state index in [0.717, 1.165) is 30.0 Å². The number of likely N-dealkylation sites (tertiary alicyclic amines) is 1. The zero-order valence-corrected chi connectivity index (χ0v) is 16.4. The fraction of sp³-hybridized carbons (Fsp3) is 0.409. The second-order valence-corrected chi connectivity index (χ2v) is 6.99. The van der Waals surface area contributed by atoms with Gasteiger partial charge in [0.15, 0.2) is 0 Å². The zero-order chi connectivity index (χ0) is 17.6. The van der Waals surface area contributed by atoms with E-state index in [9.17, 15) is 0 Å². The Balaban J connectivity index is 0.00000210. The molecule has 27 heavy (non-hydrogen) atoms. The van der Waals surface area contributed by atoms with Crippen LogP contribution < -0.4 is 4.74 Å². The van der Waals surface area contributed by atoms with Gasteiger partial charge in [0, 0.05) is 18.5 Å². The van der Waals surface area contributed by atoms with Crippen LogP contribution in [0.25, 0.3) is 0 Å². The number of oxime groups is 1. The Kier molecular flexibility index (Phi) is 7.13. The molecule has 0 aliphatic carbocycles. The molecule has 1 unspecified atom stereocenters. The lowest BCUT2D eigenvalue weighted by Gasteiger charge is -2.27. The zero-order valence-electron chi connectivity index (χ0n) is 15.5. The highest BCUT2D eigenvalue weighted by Gasteiger charge is 2.26. The summed E-state index contributed by atoms with van der Waals surface area (Å²) in [5, 5.41) is 4.49. The lowest BCUT2D eigenvalue weighted by atomic mass is 9.96. The molecule has 0 aromatic heterocycles. The van der Waals surface area contributed by atoms with Gasteiger partial charge in [-0.25, -0.2) is 0 Å². The minimum Gasteiger partial charge on any atom is -0.485 e. The first-order valence-corrected chi connectivity index (χ1v) is 9.62. The lowest BCUT2D eigenvalue weighted by Crippen LogP contribution is -2.32. The van der Waals surface area contributed by atoms with E-state index < -0.39 is 0 Å². The van der Waals surface area contributed by atoms with Gasteiger partial charge < -0.3 is 9.57 Å². The monoisotopic (exact) mass is 386 g/mol. The van der Waals surface area contributed by atoms with E-state index in [0.29, 0.717) is 6.61 Å². The molecule has 0 N–H and O–H groups in total. The molecule has 2 aromatic rings. The summed E-state index contributed by atoms with van der Waals surface area (Å²) >= 11 is 0. The Hall–Kier alpha value is -2.04. The number of hydrogen-bond acceptors (Lipinski definition) is 4. The van der Waals surface area contributed by atoms with Gasteiger partial charge in [0.1, 0.15) is 18.5 Å². The van der Waals surface area contributed by atoms with Gasteiger partial charge in [-0.2, -0.15) is 0 Å². The van der Waals surface area contributed by atoms with Gasteiger partial charge in [0.2, 0.25) is 0 Å². The summed E-state index contributed by atoms with van der Waals surface area (Å²) in [5.41, 5.74) is 3.18. The van der Waals surface area contributed by atoms with Crippen LogP contribution in [0.5, 0.6) is 5.75 Å². The van der Waals surface area contributed by atoms with Crippen molar-refractivity contribution in [3.63, 3.8) is 0 Å². The van der Waals surface area contributed by atoms with E-state index in [4.69, 9.17) is 9.57 Å². The summed E-state index contributed by atoms with van der Waals surface area (Å²) in [6, 6.07) is 18.4. The summed E-state index contributed by atoms with van der Waals surface area (Å²) in [6.45, 7) is 3.97.